The minimum Gasteiger partial charge on any atom is -0.387 e. The van der Waals surface area contributed by atoms with Crippen LogP contribution in [0.15, 0.2) is 30.3 Å². The Labute approximate surface area is 297 Å². The first-order valence-corrected chi connectivity index (χ1v) is 18.3. The molecule has 6 aliphatic rings. The van der Waals surface area contributed by atoms with E-state index in [2.05, 4.69) is 16.0 Å². The molecule has 5 heterocycles. The number of rotatable bonds is 7. The van der Waals surface area contributed by atoms with Crippen LogP contribution in [0.2, 0.25) is 10.0 Å². The maximum Gasteiger partial charge on any atom is 0.261 e. The fraction of sp³-hybridized carbons (Fsp3) is 0.486. The predicted octanol–water partition coefficient (Wildman–Crippen LogP) is 8.12. The van der Waals surface area contributed by atoms with Crippen LogP contribution < -0.4 is 5.32 Å². The molecule has 12 heteroatoms. The zero-order valence-corrected chi connectivity index (χ0v) is 29.0. The van der Waals surface area contributed by atoms with E-state index in [4.69, 9.17) is 39.8 Å². The zero-order chi connectivity index (χ0) is 34.1. The van der Waals surface area contributed by atoms with Gasteiger partial charge >= 0.3 is 0 Å². The smallest absolute Gasteiger partial charge is 0.261 e. The van der Waals surface area contributed by atoms with Gasteiger partial charge in [-0.1, -0.05) is 35.3 Å². The molecule has 3 saturated carbocycles. The van der Waals surface area contributed by atoms with E-state index in [0.717, 1.165) is 18.7 Å². The van der Waals surface area contributed by atoms with Crippen molar-refractivity contribution in [1.82, 2.24) is 19.8 Å². The van der Waals surface area contributed by atoms with Crippen molar-refractivity contribution in [2.24, 2.45) is 11.8 Å². The van der Waals surface area contributed by atoms with Gasteiger partial charge in [-0.05, 0) is 75.1 Å². The number of carbonyl (C=O) groups is 1. The van der Waals surface area contributed by atoms with Crippen molar-refractivity contribution in [3.63, 3.8) is 0 Å². The first-order chi connectivity index (χ1) is 23.5. The normalized spacial score (nSPS) is 29.8. The Hall–Kier alpha value is -3.00. The van der Waals surface area contributed by atoms with Gasteiger partial charge in [-0.25, -0.2) is 13.8 Å². The highest BCUT2D eigenvalue weighted by molar-refractivity contribution is 6.43. The van der Waals surface area contributed by atoms with Crippen molar-refractivity contribution in [1.29, 1.82) is 5.26 Å². The second-order valence-corrected chi connectivity index (χ2v) is 16.0. The van der Waals surface area contributed by atoms with E-state index in [0.29, 0.717) is 51.9 Å². The van der Waals surface area contributed by atoms with Crippen LogP contribution in [0.4, 0.5) is 8.78 Å². The van der Waals surface area contributed by atoms with Crippen molar-refractivity contribution in [3.8, 4) is 17.2 Å². The Morgan fingerprint density at radius 3 is 2.69 bits per heavy atom. The summed E-state index contributed by atoms with van der Waals surface area (Å²) in [5, 5.41) is 25.9. The molecule has 8 atom stereocenters. The number of halogens is 5. The van der Waals surface area contributed by atoms with Gasteiger partial charge in [-0.2, -0.15) is 5.26 Å². The highest BCUT2D eigenvalue weighted by atomic mass is 35.5. The number of hydrogen-bond donors (Lipinski definition) is 2. The molecule has 2 N–H and O–H groups in total. The van der Waals surface area contributed by atoms with E-state index in [1.54, 1.807) is 30.0 Å². The van der Waals surface area contributed by atoms with Crippen LogP contribution in [0, 0.1) is 29.0 Å². The van der Waals surface area contributed by atoms with Gasteiger partial charge < -0.3 is 19.9 Å². The summed E-state index contributed by atoms with van der Waals surface area (Å²) >= 11 is 20.0. The van der Waals surface area contributed by atoms with Crippen LogP contribution in [0.1, 0.15) is 80.6 Å². The summed E-state index contributed by atoms with van der Waals surface area (Å²) in [7, 11) is 0. The number of nitrogens with one attached hydrogen (secondary N) is 1. The van der Waals surface area contributed by atoms with Crippen LogP contribution in [-0.2, 0) is 11.2 Å². The molecule has 3 aliphatic carbocycles. The van der Waals surface area contributed by atoms with Gasteiger partial charge in [0, 0.05) is 63.9 Å². The lowest BCUT2D eigenvalue weighted by atomic mass is 9.79. The van der Waals surface area contributed by atoms with Crippen molar-refractivity contribution >= 4 is 62.5 Å². The predicted molar refractivity (Wildman–Crippen MR) is 185 cm³/mol. The fourth-order valence-electron chi connectivity index (χ4n) is 9.45. The number of piperidine rings is 1. The maximum atomic E-state index is 17.2. The van der Waals surface area contributed by atoms with Crippen LogP contribution in [-0.4, -0.2) is 55.1 Å². The minimum atomic E-state index is -1.84. The molecule has 0 spiro atoms. The summed E-state index contributed by atoms with van der Waals surface area (Å²) in [5.74, 6) is -0.865. The highest BCUT2D eigenvalue weighted by Gasteiger charge is 2.62. The van der Waals surface area contributed by atoms with Crippen LogP contribution >= 0.6 is 34.8 Å². The van der Waals surface area contributed by atoms with Crippen LogP contribution in [0.25, 0.3) is 32.9 Å². The number of aryl methyl sites for hydroxylation is 1. The van der Waals surface area contributed by atoms with Crippen LogP contribution in [0.5, 0.6) is 0 Å². The topological polar surface area (TPSA) is 94.2 Å². The second kappa shape index (κ2) is 11.2. The molecule has 49 heavy (non-hydrogen) atoms. The lowest BCUT2D eigenvalue weighted by molar-refractivity contribution is -0.143. The van der Waals surface area contributed by atoms with E-state index in [9.17, 15) is 15.2 Å². The number of fused-ring (bicyclic) bond motifs is 6. The number of likely N-dealkylation sites (tertiary alicyclic amines) is 1. The number of aliphatic hydroxyl groups is 1. The molecule has 3 aliphatic heterocycles. The molecule has 4 aromatic rings. The van der Waals surface area contributed by atoms with E-state index in [1.165, 1.54) is 0 Å². The van der Waals surface area contributed by atoms with Crippen molar-refractivity contribution in [2.75, 3.05) is 6.54 Å². The Morgan fingerprint density at radius 2 is 2.02 bits per heavy atom. The number of carbonyl (C=O) groups excluding carboxylic acids is 1. The van der Waals surface area contributed by atoms with Crippen molar-refractivity contribution < 1.29 is 18.7 Å². The standard InChI is InChI=1S/C37H34Cl3F2N5O2/c1-16(48)31-23-14-27(35-21-12-19(13-25(21)39)46(35)36(49)37(42)7-8-37)47(33-18-11-26(33)44-15-18)34(23)22-10-17(4-3-9-43)28(30(41)32(22)45-31)20-5-2-6-24(38)29(20)40/h2,5-6,10,14,16,18-19,21,25-26,33,35,44,48H,3-4,7-8,11-13,15H2,1H3. The summed E-state index contributed by atoms with van der Waals surface area (Å²) in [6, 6.07) is 10.6. The number of benzene rings is 2. The molecule has 1 amide bonds. The molecular weight excluding hydrogens is 691 g/mol. The van der Waals surface area contributed by atoms with E-state index >= 15 is 8.78 Å². The van der Waals surface area contributed by atoms with Crippen molar-refractivity contribution in [2.45, 2.75) is 93.2 Å². The maximum absolute atomic E-state index is 17.2. The number of pyridine rings is 1. The molecule has 254 valence electrons. The molecule has 6 fully saturated rings. The molecule has 0 radical (unpaired) electrons. The lowest BCUT2D eigenvalue weighted by Crippen LogP contribution is -2.48. The Morgan fingerprint density at radius 1 is 1.22 bits per heavy atom. The SMILES string of the molecule is CC(O)c1nc2c(F)c(-c3cccc(Cl)c3Cl)c(CCC#N)cc2c2c1cc(C1C3CC(CC3Cl)N1C(=O)C1(F)CC1)n2C1C2CNC1C2. The average Bonchev–Trinajstić information content (AvgIpc) is 3.62. The monoisotopic (exact) mass is 723 g/mol. The third kappa shape index (κ3) is 4.57. The van der Waals surface area contributed by atoms with E-state index in [1.807, 2.05) is 12.1 Å². The number of nitriles is 1. The molecular formula is C37H34Cl3F2N5O2. The van der Waals surface area contributed by atoms with Gasteiger partial charge in [0.25, 0.3) is 5.91 Å². The van der Waals surface area contributed by atoms with Crippen molar-refractivity contribution in [3.05, 3.63) is 63.1 Å². The number of hydrogen-bond acceptors (Lipinski definition) is 5. The van der Waals surface area contributed by atoms with Gasteiger partial charge in [0.2, 0.25) is 0 Å². The van der Waals surface area contributed by atoms with E-state index in [-0.39, 0.29) is 76.2 Å². The second-order valence-electron chi connectivity index (χ2n) is 14.7. The molecule has 2 aromatic heterocycles. The van der Waals surface area contributed by atoms with Gasteiger partial charge in [0.05, 0.1) is 45.5 Å². The van der Waals surface area contributed by atoms with Gasteiger partial charge in [0.1, 0.15) is 5.52 Å². The summed E-state index contributed by atoms with van der Waals surface area (Å²) in [5.41, 5.74) is 1.26. The third-order valence-corrected chi connectivity index (χ3v) is 13.2. The zero-order valence-electron chi connectivity index (χ0n) is 26.7. The number of aromatic nitrogens is 2. The quantitative estimate of drug-likeness (QED) is 0.188. The Kier molecular flexibility index (Phi) is 7.33. The molecule has 8 unspecified atom stereocenters. The third-order valence-electron chi connectivity index (χ3n) is 11.9. The first-order valence-electron chi connectivity index (χ1n) is 17.1. The van der Waals surface area contributed by atoms with Gasteiger partial charge in [0.15, 0.2) is 11.5 Å². The number of nitrogens with zero attached hydrogens (tertiary/aromatic N) is 4. The van der Waals surface area contributed by atoms with Gasteiger partial charge in [-0.15, -0.1) is 11.6 Å². The minimum absolute atomic E-state index is 0.00210. The fourth-order valence-corrected chi connectivity index (χ4v) is 10.3. The summed E-state index contributed by atoms with van der Waals surface area (Å²) in [6.45, 7) is 2.43. The molecule has 3 saturated heterocycles. The molecule has 7 nitrogen and oxygen atoms in total. The summed E-state index contributed by atoms with van der Waals surface area (Å²) < 4.78 is 35.1. The van der Waals surface area contributed by atoms with Crippen LogP contribution in [0.3, 0.4) is 0 Å². The molecule has 4 bridgehead atoms. The first kappa shape index (κ1) is 31.9. The highest BCUT2D eigenvalue weighted by Crippen LogP contribution is 2.58. The molecule has 10 rings (SSSR count). The average molecular weight is 725 g/mol. The summed E-state index contributed by atoms with van der Waals surface area (Å²) in [6.07, 6.45) is 2.09. The van der Waals surface area contributed by atoms with Gasteiger partial charge in [-0.3, -0.25) is 4.79 Å². The lowest BCUT2D eigenvalue weighted by Gasteiger charge is -2.42. The number of aliphatic hydroxyl groups excluding tert-OH is 1. The molecule has 2 aromatic carbocycles. The largest absolute Gasteiger partial charge is 0.387 e. The summed E-state index contributed by atoms with van der Waals surface area (Å²) in [4.78, 5) is 20.4. The van der Waals surface area contributed by atoms with E-state index < -0.39 is 29.5 Å². The Balaban J connectivity index is 1.36. The number of alkyl halides is 2. The Bertz CT molecular complexity index is 2110. The number of amides is 1.